The summed E-state index contributed by atoms with van der Waals surface area (Å²) in [7, 11) is 0. The van der Waals surface area contributed by atoms with Gasteiger partial charge in [0, 0.05) is 29.2 Å². The van der Waals surface area contributed by atoms with Crippen molar-refractivity contribution in [3.05, 3.63) is 101 Å². The molecule has 0 fully saturated rings. The van der Waals surface area contributed by atoms with Crippen LogP contribution < -0.4 is 16.4 Å². The van der Waals surface area contributed by atoms with Crippen molar-refractivity contribution in [2.45, 2.75) is 38.7 Å². The quantitative estimate of drug-likeness (QED) is 0.170. The lowest BCUT2D eigenvalue weighted by atomic mass is 9.88. The molecule has 4 aromatic rings. The van der Waals surface area contributed by atoms with Gasteiger partial charge in [0.25, 0.3) is 0 Å². The maximum Gasteiger partial charge on any atom is 0.407 e. The molecule has 5 rings (SSSR count). The number of para-hydroxylation sites is 1. The number of H-pyrrole nitrogens is 1. The molecule has 1 aliphatic rings. The molecule has 0 saturated heterocycles. The number of halogens is 1. The predicted molar refractivity (Wildman–Crippen MR) is 152 cm³/mol. The van der Waals surface area contributed by atoms with Gasteiger partial charge in [-0.05, 0) is 85.2 Å². The summed E-state index contributed by atoms with van der Waals surface area (Å²) in [5.74, 6) is -0.831. The molecule has 8 heteroatoms. The molecule has 1 unspecified atom stereocenters. The second-order valence-electron chi connectivity index (χ2n) is 9.75. The Bertz CT molecular complexity index is 1560. The summed E-state index contributed by atoms with van der Waals surface area (Å²) in [4.78, 5) is 28.3. The third-order valence-corrected chi connectivity index (χ3v) is 7.05. The van der Waals surface area contributed by atoms with E-state index >= 15 is 0 Å². The molecule has 7 nitrogen and oxygen atoms in total. The number of alkyl carbamates (subject to hydrolysis) is 1. The number of fused-ring (bicyclic) bond motifs is 2. The zero-order valence-corrected chi connectivity index (χ0v) is 21.7. The molecule has 2 amide bonds. The largest absolute Gasteiger partial charge is 0.441 e. The van der Waals surface area contributed by atoms with Crippen LogP contribution in [0.3, 0.4) is 0 Å². The van der Waals surface area contributed by atoms with Crippen molar-refractivity contribution in [1.82, 2.24) is 10.3 Å². The molecule has 0 aliphatic heterocycles. The van der Waals surface area contributed by atoms with Crippen LogP contribution >= 0.6 is 0 Å². The van der Waals surface area contributed by atoms with E-state index in [4.69, 9.17) is 10.5 Å². The molecule has 39 heavy (non-hydrogen) atoms. The smallest absolute Gasteiger partial charge is 0.407 e. The van der Waals surface area contributed by atoms with Crippen molar-refractivity contribution < 1.29 is 18.7 Å². The number of nitrogens with one attached hydrogen (secondary N) is 3. The van der Waals surface area contributed by atoms with Gasteiger partial charge in [0.15, 0.2) is 0 Å². The minimum atomic E-state index is -0.463. The number of carbonyl (C=O) groups excluding carboxylic acids is 2. The molecule has 200 valence electrons. The second-order valence-corrected chi connectivity index (χ2v) is 9.75. The number of nitrogen functional groups attached to an aromatic ring is 1. The second kappa shape index (κ2) is 11.4. The molecule has 1 heterocycles. The maximum atomic E-state index is 13.2. The van der Waals surface area contributed by atoms with E-state index in [2.05, 4.69) is 21.7 Å². The van der Waals surface area contributed by atoms with Crippen LogP contribution in [0.1, 0.15) is 46.9 Å². The molecule has 5 N–H and O–H groups in total. The molecular weight excluding hydrogens is 495 g/mol. The highest BCUT2D eigenvalue weighted by molar-refractivity contribution is 6.03. The number of rotatable bonds is 7. The molecule has 1 aliphatic carbocycles. The van der Waals surface area contributed by atoms with Gasteiger partial charge in [-0.1, -0.05) is 36.4 Å². The van der Waals surface area contributed by atoms with E-state index in [1.165, 1.54) is 29.2 Å². The fraction of sp³-hybridized carbons (Fsp3) is 0.226. The van der Waals surface area contributed by atoms with Gasteiger partial charge in [0.2, 0.25) is 5.91 Å². The van der Waals surface area contributed by atoms with Gasteiger partial charge in [-0.25, -0.2) is 9.18 Å². The standard InChI is InChI=1S/C31H31FN4O3/c1-19-23(25-6-2-3-7-27(25)35-19)15-16-34-31(38)39-29-8-4-5-21-17-20(9-12-24(21)29)10-14-30(37)36-28-13-11-22(32)18-26(28)33/h2-3,6-7,9-14,17-18,29,35H,4-5,8,15-16,33H2,1H3,(H,34,38)(H,36,37)/b14-10+. The maximum absolute atomic E-state index is 13.2. The average Bonchev–Trinajstić information content (AvgIpc) is 3.24. The van der Waals surface area contributed by atoms with E-state index in [0.29, 0.717) is 18.7 Å². The van der Waals surface area contributed by atoms with Gasteiger partial charge in [0.05, 0.1) is 11.4 Å². The lowest BCUT2D eigenvalue weighted by molar-refractivity contribution is -0.111. The lowest BCUT2D eigenvalue weighted by Crippen LogP contribution is -2.29. The van der Waals surface area contributed by atoms with E-state index < -0.39 is 11.9 Å². The van der Waals surface area contributed by atoms with E-state index in [9.17, 15) is 14.0 Å². The van der Waals surface area contributed by atoms with Gasteiger partial charge in [-0.15, -0.1) is 0 Å². The Hall–Kier alpha value is -4.59. The molecule has 0 saturated carbocycles. The first-order chi connectivity index (χ1) is 18.9. The Morgan fingerprint density at radius 2 is 2.00 bits per heavy atom. The van der Waals surface area contributed by atoms with E-state index in [0.717, 1.165) is 53.2 Å². The highest BCUT2D eigenvalue weighted by Gasteiger charge is 2.24. The van der Waals surface area contributed by atoms with Crippen molar-refractivity contribution in [2.24, 2.45) is 0 Å². The van der Waals surface area contributed by atoms with Gasteiger partial charge >= 0.3 is 6.09 Å². The number of aromatic nitrogens is 1. The van der Waals surface area contributed by atoms with Crippen molar-refractivity contribution in [3.8, 4) is 0 Å². The number of hydrogen-bond donors (Lipinski definition) is 4. The van der Waals surface area contributed by atoms with Gasteiger partial charge < -0.3 is 26.1 Å². The van der Waals surface area contributed by atoms with Crippen molar-refractivity contribution in [1.29, 1.82) is 0 Å². The minimum Gasteiger partial charge on any atom is -0.441 e. The first kappa shape index (κ1) is 26.0. The Morgan fingerprint density at radius 3 is 2.85 bits per heavy atom. The van der Waals surface area contributed by atoms with Gasteiger partial charge in [0.1, 0.15) is 11.9 Å². The van der Waals surface area contributed by atoms with E-state index in [1.54, 1.807) is 6.08 Å². The third kappa shape index (κ3) is 6.12. The zero-order valence-electron chi connectivity index (χ0n) is 21.7. The number of aryl methyl sites for hydroxylation is 2. The van der Waals surface area contributed by atoms with Crippen molar-refractivity contribution >= 4 is 40.4 Å². The zero-order chi connectivity index (χ0) is 27.4. The van der Waals surface area contributed by atoms with Crippen LogP contribution in [0, 0.1) is 12.7 Å². The topological polar surface area (TPSA) is 109 Å². The van der Waals surface area contributed by atoms with Crippen LogP contribution in [0.5, 0.6) is 0 Å². The molecule has 0 radical (unpaired) electrons. The SMILES string of the molecule is Cc1[nH]c2ccccc2c1CCNC(=O)OC1CCCc2cc(/C=C/C(=O)Nc3ccc(F)cc3N)ccc21. The van der Waals surface area contributed by atoms with Crippen LogP contribution in [0.15, 0.2) is 66.7 Å². The van der Waals surface area contributed by atoms with Crippen LogP contribution in [-0.2, 0) is 22.4 Å². The number of benzene rings is 3. The normalized spacial score (nSPS) is 14.8. The Morgan fingerprint density at radius 1 is 1.15 bits per heavy atom. The summed E-state index contributed by atoms with van der Waals surface area (Å²) >= 11 is 0. The first-order valence-electron chi connectivity index (χ1n) is 13.0. The summed E-state index contributed by atoms with van der Waals surface area (Å²) < 4.78 is 19.0. The van der Waals surface area contributed by atoms with Crippen LogP contribution in [-0.4, -0.2) is 23.5 Å². The lowest BCUT2D eigenvalue weighted by Gasteiger charge is -2.26. The fourth-order valence-corrected chi connectivity index (χ4v) is 5.13. The summed E-state index contributed by atoms with van der Waals surface area (Å²) in [6.45, 7) is 2.53. The van der Waals surface area contributed by atoms with Gasteiger partial charge in [-0.3, -0.25) is 4.79 Å². The van der Waals surface area contributed by atoms with E-state index in [-0.39, 0.29) is 17.7 Å². The number of aromatic amines is 1. The number of anilines is 2. The minimum absolute atomic E-state index is 0.161. The average molecular weight is 527 g/mol. The van der Waals surface area contributed by atoms with Crippen molar-refractivity contribution in [3.63, 3.8) is 0 Å². The molecule has 1 aromatic heterocycles. The first-order valence-corrected chi connectivity index (χ1v) is 13.0. The van der Waals surface area contributed by atoms with Crippen LogP contribution in [0.2, 0.25) is 0 Å². The number of hydrogen-bond acceptors (Lipinski definition) is 4. The summed E-state index contributed by atoms with van der Waals surface area (Å²) in [6.07, 6.45) is 5.62. The van der Waals surface area contributed by atoms with Crippen LogP contribution in [0.25, 0.3) is 17.0 Å². The van der Waals surface area contributed by atoms with Crippen molar-refractivity contribution in [2.75, 3.05) is 17.6 Å². The molecule has 0 bridgehead atoms. The Balaban J connectivity index is 1.16. The Labute approximate surface area is 226 Å². The van der Waals surface area contributed by atoms with Gasteiger partial charge in [-0.2, -0.15) is 0 Å². The number of carbonyl (C=O) groups is 2. The fourth-order valence-electron chi connectivity index (χ4n) is 5.13. The summed E-state index contributed by atoms with van der Waals surface area (Å²) in [6, 6.07) is 17.8. The van der Waals surface area contributed by atoms with E-state index in [1.807, 2.05) is 43.3 Å². The highest BCUT2D eigenvalue weighted by atomic mass is 19.1. The number of nitrogens with two attached hydrogens (primary N) is 1. The molecule has 1 atom stereocenters. The Kier molecular flexibility index (Phi) is 7.63. The molecular formula is C31H31FN4O3. The summed E-state index contributed by atoms with van der Waals surface area (Å²) in [5, 5.41) is 6.73. The van der Waals surface area contributed by atoms with Crippen LogP contribution in [0.4, 0.5) is 20.6 Å². The molecule has 3 aromatic carbocycles. The highest BCUT2D eigenvalue weighted by Crippen LogP contribution is 2.33. The number of ether oxygens (including phenoxy) is 1. The predicted octanol–water partition coefficient (Wildman–Crippen LogP) is 6.20. The molecule has 0 spiro atoms. The monoisotopic (exact) mass is 526 g/mol. The number of amides is 2. The third-order valence-electron chi connectivity index (χ3n) is 7.05. The summed E-state index contributed by atoms with van der Waals surface area (Å²) in [5.41, 5.74) is 12.6.